The highest BCUT2D eigenvalue weighted by Gasteiger charge is 2.11. The fraction of sp³-hybridized carbons (Fsp3) is 0.533. The molecule has 0 spiro atoms. The number of rotatable bonds is 6. The van der Waals surface area contributed by atoms with Crippen molar-refractivity contribution in [3.8, 4) is 5.75 Å². The Morgan fingerprint density at radius 1 is 1.35 bits per heavy atom. The van der Waals surface area contributed by atoms with Crippen LogP contribution in [0.1, 0.15) is 19.3 Å². The molecule has 20 heavy (non-hydrogen) atoms. The molecule has 5 nitrogen and oxygen atoms in total. The highest BCUT2D eigenvalue weighted by Crippen LogP contribution is 2.16. The predicted molar refractivity (Wildman–Crippen MR) is 78.1 cm³/mol. The Labute approximate surface area is 119 Å². The number of carbonyl (C=O) groups is 1. The van der Waals surface area contributed by atoms with Gasteiger partial charge in [-0.2, -0.15) is 0 Å². The average molecular weight is 278 g/mol. The molecule has 0 saturated carbocycles. The van der Waals surface area contributed by atoms with E-state index in [1.807, 2.05) is 24.3 Å². The van der Waals surface area contributed by atoms with E-state index in [9.17, 15) is 4.79 Å². The summed E-state index contributed by atoms with van der Waals surface area (Å²) in [6.07, 6.45) is 3.82. The van der Waals surface area contributed by atoms with Gasteiger partial charge in [0.1, 0.15) is 5.75 Å². The number of nitrogens with one attached hydrogen (secondary N) is 2. The average Bonchev–Trinajstić information content (AvgIpc) is 2.52. The zero-order chi connectivity index (χ0) is 14.2. The third-order valence-corrected chi connectivity index (χ3v) is 3.40. The zero-order valence-corrected chi connectivity index (χ0v) is 11.9. The van der Waals surface area contributed by atoms with Crippen LogP contribution in [0.2, 0.25) is 0 Å². The molecule has 0 radical (unpaired) electrons. The number of ether oxygens (including phenoxy) is 2. The molecule has 1 aromatic carbocycles. The monoisotopic (exact) mass is 278 g/mol. The summed E-state index contributed by atoms with van der Waals surface area (Å²) in [5.41, 5.74) is 1.06. The van der Waals surface area contributed by atoms with Crippen molar-refractivity contribution in [2.24, 2.45) is 0 Å². The van der Waals surface area contributed by atoms with E-state index >= 15 is 0 Å². The van der Waals surface area contributed by atoms with Crippen molar-refractivity contribution in [1.82, 2.24) is 5.32 Å². The van der Waals surface area contributed by atoms with Crippen LogP contribution in [-0.2, 0) is 9.53 Å². The first-order valence-corrected chi connectivity index (χ1v) is 7.05. The van der Waals surface area contributed by atoms with Gasteiger partial charge in [-0.25, -0.2) is 4.79 Å². The van der Waals surface area contributed by atoms with E-state index in [1.165, 1.54) is 26.4 Å². The van der Waals surface area contributed by atoms with E-state index < -0.39 is 0 Å². The first-order chi connectivity index (χ1) is 9.78. The third kappa shape index (κ3) is 4.74. The Kier molecular flexibility index (Phi) is 5.68. The first kappa shape index (κ1) is 14.7. The molecule has 0 amide bonds. The maximum Gasteiger partial charge on any atom is 0.343 e. The SMILES string of the molecule is COC(=O)COc1ccc(NCC2CCCCN2)cc1. The Bertz CT molecular complexity index is 414. The van der Waals surface area contributed by atoms with Crippen molar-refractivity contribution in [3.63, 3.8) is 0 Å². The molecule has 1 unspecified atom stereocenters. The minimum absolute atomic E-state index is 0.0602. The normalized spacial score (nSPS) is 18.4. The van der Waals surface area contributed by atoms with E-state index in [-0.39, 0.29) is 12.6 Å². The molecule has 0 aromatic heterocycles. The van der Waals surface area contributed by atoms with Crippen LogP contribution in [0.3, 0.4) is 0 Å². The molecular formula is C15H22N2O3. The van der Waals surface area contributed by atoms with Crippen molar-refractivity contribution in [2.45, 2.75) is 25.3 Å². The standard InChI is InChI=1S/C15H22N2O3/c1-19-15(18)11-20-14-7-5-12(6-8-14)17-10-13-4-2-3-9-16-13/h5-8,13,16-17H,2-4,9-11H2,1H3. The molecule has 1 atom stereocenters. The highest BCUT2D eigenvalue weighted by molar-refractivity contribution is 5.70. The van der Waals surface area contributed by atoms with E-state index in [0.29, 0.717) is 11.8 Å². The van der Waals surface area contributed by atoms with Crippen molar-refractivity contribution in [2.75, 3.05) is 32.1 Å². The molecule has 1 saturated heterocycles. The molecule has 1 aliphatic heterocycles. The molecule has 1 aromatic rings. The first-order valence-electron chi connectivity index (χ1n) is 7.05. The molecule has 1 fully saturated rings. The van der Waals surface area contributed by atoms with Gasteiger partial charge in [0.2, 0.25) is 0 Å². The van der Waals surface area contributed by atoms with Gasteiger partial charge >= 0.3 is 5.97 Å². The number of methoxy groups -OCH3 is 1. The molecule has 5 heteroatoms. The predicted octanol–water partition coefficient (Wildman–Crippen LogP) is 1.79. The minimum Gasteiger partial charge on any atom is -0.482 e. The molecule has 2 N–H and O–H groups in total. The topological polar surface area (TPSA) is 59.6 Å². The number of carbonyl (C=O) groups excluding carboxylic acids is 1. The van der Waals surface area contributed by atoms with Crippen LogP contribution < -0.4 is 15.4 Å². The Balaban J connectivity index is 1.74. The largest absolute Gasteiger partial charge is 0.482 e. The quantitative estimate of drug-likeness (QED) is 0.777. The summed E-state index contributed by atoms with van der Waals surface area (Å²) >= 11 is 0. The number of esters is 1. The van der Waals surface area contributed by atoms with Gasteiger partial charge in [-0.15, -0.1) is 0 Å². The summed E-state index contributed by atoms with van der Waals surface area (Å²) < 4.78 is 9.81. The fourth-order valence-corrected chi connectivity index (χ4v) is 2.21. The molecule has 110 valence electrons. The van der Waals surface area contributed by atoms with Crippen LogP contribution in [0.25, 0.3) is 0 Å². The smallest absolute Gasteiger partial charge is 0.343 e. The highest BCUT2D eigenvalue weighted by atomic mass is 16.6. The number of anilines is 1. The summed E-state index contributed by atoms with van der Waals surface area (Å²) in [6, 6.07) is 8.16. The summed E-state index contributed by atoms with van der Waals surface area (Å²) in [5.74, 6) is 0.285. The van der Waals surface area contributed by atoms with Crippen molar-refractivity contribution in [3.05, 3.63) is 24.3 Å². The second kappa shape index (κ2) is 7.75. The lowest BCUT2D eigenvalue weighted by atomic mass is 10.1. The number of hydrogen-bond acceptors (Lipinski definition) is 5. The summed E-state index contributed by atoms with van der Waals surface area (Å²) in [7, 11) is 1.35. The maximum absolute atomic E-state index is 11.0. The van der Waals surface area contributed by atoms with E-state index in [1.54, 1.807) is 0 Å². The molecule has 0 bridgehead atoms. The van der Waals surface area contributed by atoms with Crippen molar-refractivity contribution >= 4 is 11.7 Å². The second-order valence-electron chi connectivity index (χ2n) is 4.92. The van der Waals surface area contributed by atoms with Gasteiger partial charge in [0.05, 0.1) is 7.11 Å². The maximum atomic E-state index is 11.0. The van der Waals surface area contributed by atoms with Crippen molar-refractivity contribution < 1.29 is 14.3 Å². The van der Waals surface area contributed by atoms with Crippen LogP contribution in [0.4, 0.5) is 5.69 Å². The molecule has 2 rings (SSSR count). The van der Waals surface area contributed by atoms with Crippen LogP contribution in [0.5, 0.6) is 5.75 Å². The lowest BCUT2D eigenvalue weighted by Crippen LogP contribution is -2.39. The van der Waals surface area contributed by atoms with E-state index in [2.05, 4.69) is 15.4 Å². The Morgan fingerprint density at radius 3 is 2.80 bits per heavy atom. The number of benzene rings is 1. The lowest BCUT2D eigenvalue weighted by molar-refractivity contribution is -0.142. The summed E-state index contributed by atoms with van der Waals surface area (Å²) in [6.45, 7) is 1.99. The number of hydrogen-bond donors (Lipinski definition) is 2. The molecule has 0 aliphatic carbocycles. The lowest BCUT2D eigenvalue weighted by Gasteiger charge is -2.24. The van der Waals surface area contributed by atoms with Crippen LogP contribution in [-0.4, -0.2) is 38.8 Å². The van der Waals surface area contributed by atoms with Crippen molar-refractivity contribution in [1.29, 1.82) is 0 Å². The Morgan fingerprint density at radius 2 is 2.15 bits per heavy atom. The van der Waals surface area contributed by atoms with Gasteiger partial charge in [0.25, 0.3) is 0 Å². The second-order valence-corrected chi connectivity index (χ2v) is 4.92. The summed E-state index contributed by atoms with van der Waals surface area (Å²) in [4.78, 5) is 11.0. The van der Waals surface area contributed by atoms with Gasteiger partial charge in [0, 0.05) is 18.3 Å². The molecule has 1 aliphatic rings. The van der Waals surface area contributed by atoms with Gasteiger partial charge in [-0.1, -0.05) is 6.42 Å². The third-order valence-electron chi connectivity index (χ3n) is 3.40. The van der Waals surface area contributed by atoms with Crippen LogP contribution in [0.15, 0.2) is 24.3 Å². The summed E-state index contributed by atoms with van der Waals surface area (Å²) in [5, 5.41) is 6.91. The van der Waals surface area contributed by atoms with Crippen LogP contribution >= 0.6 is 0 Å². The van der Waals surface area contributed by atoms with Crippen LogP contribution in [0, 0.1) is 0 Å². The Hall–Kier alpha value is -1.75. The van der Waals surface area contributed by atoms with Gasteiger partial charge in [0.15, 0.2) is 6.61 Å². The zero-order valence-electron chi connectivity index (χ0n) is 11.9. The van der Waals surface area contributed by atoms with Gasteiger partial charge in [-0.05, 0) is 43.7 Å². The van der Waals surface area contributed by atoms with E-state index in [0.717, 1.165) is 18.8 Å². The van der Waals surface area contributed by atoms with Gasteiger partial charge in [-0.3, -0.25) is 0 Å². The fourth-order valence-electron chi connectivity index (χ4n) is 2.21. The molecular weight excluding hydrogens is 256 g/mol. The van der Waals surface area contributed by atoms with E-state index in [4.69, 9.17) is 4.74 Å². The van der Waals surface area contributed by atoms with Gasteiger partial charge < -0.3 is 20.1 Å². The molecule has 1 heterocycles. The minimum atomic E-state index is -0.379. The number of piperidine rings is 1.